The minimum Gasteiger partial charge on any atom is -0.497 e. The van der Waals surface area contributed by atoms with Crippen molar-refractivity contribution in [3.05, 3.63) is 40.5 Å². The third-order valence-corrected chi connectivity index (χ3v) is 3.48. The Labute approximate surface area is 120 Å². The summed E-state index contributed by atoms with van der Waals surface area (Å²) in [6.45, 7) is 7.61. The highest BCUT2D eigenvalue weighted by molar-refractivity contribution is 5.27. The summed E-state index contributed by atoms with van der Waals surface area (Å²) in [4.78, 5) is 4.50. The molecule has 0 saturated heterocycles. The molecule has 0 saturated carbocycles. The first-order chi connectivity index (χ1) is 9.51. The molecule has 0 bridgehead atoms. The van der Waals surface area contributed by atoms with Crippen molar-refractivity contribution in [3.63, 3.8) is 0 Å². The fourth-order valence-electron chi connectivity index (χ4n) is 2.30. The molecule has 2 aromatic rings. The second-order valence-electron chi connectivity index (χ2n) is 5.02. The highest BCUT2D eigenvalue weighted by atomic mass is 16.5. The molecule has 20 heavy (non-hydrogen) atoms. The average Bonchev–Trinajstić information content (AvgIpc) is 2.64. The molecule has 0 fully saturated rings. The third kappa shape index (κ3) is 3.17. The van der Waals surface area contributed by atoms with Crippen molar-refractivity contribution < 1.29 is 4.74 Å². The number of nitrogens with one attached hydrogen (secondary N) is 1. The lowest BCUT2D eigenvalue weighted by atomic mass is 10.2. The summed E-state index contributed by atoms with van der Waals surface area (Å²) in [6, 6.07) is 3.89. The van der Waals surface area contributed by atoms with E-state index in [4.69, 9.17) is 4.74 Å². The number of aryl methyl sites for hydroxylation is 3. The monoisotopic (exact) mass is 274 g/mol. The Morgan fingerprint density at radius 1 is 1.20 bits per heavy atom. The Balaban J connectivity index is 2.01. The van der Waals surface area contributed by atoms with Crippen LogP contribution >= 0.6 is 0 Å². The molecule has 0 atom stereocenters. The maximum Gasteiger partial charge on any atom is 0.122 e. The van der Waals surface area contributed by atoms with Crippen molar-refractivity contribution in [3.8, 4) is 5.75 Å². The van der Waals surface area contributed by atoms with Gasteiger partial charge in [0.2, 0.25) is 0 Å². The van der Waals surface area contributed by atoms with Crippen molar-refractivity contribution >= 4 is 0 Å². The second kappa shape index (κ2) is 6.05. The van der Waals surface area contributed by atoms with Crippen molar-refractivity contribution in [1.29, 1.82) is 0 Å². The average molecular weight is 274 g/mol. The van der Waals surface area contributed by atoms with E-state index in [-0.39, 0.29) is 0 Å². The number of aromatic nitrogens is 3. The SMILES string of the molecule is COc1cc(C)nc(CNCc2c(C)nn(C)c2C)c1. The Hall–Kier alpha value is -1.88. The van der Waals surface area contributed by atoms with E-state index in [2.05, 4.69) is 22.3 Å². The lowest BCUT2D eigenvalue weighted by Gasteiger charge is -2.08. The number of nitrogens with zero attached hydrogens (tertiary/aromatic N) is 3. The number of methoxy groups -OCH3 is 1. The fraction of sp³-hybridized carbons (Fsp3) is 0.467. The van der Waals surface area contributed by atoms with Gasteiger partial charge in [0.25, 0.3) is 0 Å². The Morgan fingerprint density at radius 3 is 2.55 bits per heavy atom. The first kappa shape index (κ1) is 14.5. The molecule has 0 aliphatic carbocycles. The molecule has 5 heteroatoms. The minimum absolute atomic E-state index is 0.714. The van der Waals surface area contributed by atoms with Gasteiger partial charge in [0.1, 0.15) is 5.75 Å². The quantitative estimate of drug-likeness (QED) is 0.906. The summed E-state index contributed by atoms with van der Waals surface area (Å²) in [7, 11) is 3.65. The molecule has 1 N–H and O–H groups in total. The minimum atomic E-state index is 0.714. The summed E-state index contributed by atoms with van der Waals surface area (Å²) in [6.07, 6.45) is 0. The first-order valence-electron chi connectivity index (χ1n) is 6.72. The first-order valence-corrected chi connectivity index (χ1v) is 6.72. The van der Waals surface area contributed by atoms with Crippen LogP contribution in [0, 0.1) is 20.8 Å². The van der Waals surface area contributed by atoms with Crippen LogP contribution in [0.15, 0.2) is 12.1 Å². The van der Waals surface area contributed by atoms with Gasteiger partial charge in [0.05, 0.1) is 18.5 Å². The molecular weight excluding hydrogens is 252 g/mol. The van der Waals surface area contributed by atoms with Gasteiger partial charge in [-0.1, -0.05) is 0 Å². The zero-order valence-electron chi connectivity index (χ0n) is 12.8. The molecule has 0 unspecified atom stereocenters. The van der Waals surface area contributed by atoms with Crippen LogP contribution in [-0.2, 0) is 20.1 Å². The smallest absolute Gasteiger partial charge is 0.122 e. The largest absolute Gasteiger partial charge is 0.497 e. The van der Waals surface area contributed by atoms with Crippen molar-refractivity contribution in [1.82, 2.24) is 20.1 Å². The van der Waals surface area contributed by atoms with Gasteiger partial charge in [-0.25, -0.2) is 0 Å². The van der Waals surface area contributed by atoms with Gasteiger partial charge in [0, 0.05) is 49.2 Å². The van der Waals surface area contributed by atoms with Crippen molar-refractivity contribution in [2.24, 2.45) is 7.05 Å². The van der Waals surface area contributed by atoms with E-state index in [0.717, 1.165) is 29.4 Å². The molecule has 0 aliphatic heterocycles. The normalized spacial score (nSPS) is 10.8. The van der Waals surface area contributed by atoms with E-state index in [1.54, 1.807) is 7.11 Å². The van der Waals surface area contributed by atoms with E-state index < -0.39 is 0 Å². The predicted octanol–water partition coefficient (Wildman–Crippen LogP) is 2.04. The molecule has 0 aromatic carbocycles. The van der Waals surface area contributed by atoms with Crippen LogP contribution in [0.2, 0.25) is 0 Å². The van der Waals surface area contributed by atoms with Crippen LogP contribution in [0.25, 0.3) is 0 Å². The topological polar surface area (TPSA) is 52.0 Å². The molecule has 2 rings (SSSR count). The summed E-state index contributed by atoms with van der Waals surface area (Å²) >= 11 is 0. The van der Waals surface area contributed by atoms with Gasteiger partial charge in [-0.05, 0) is 20.8 Å². The van der Waals surface area contributed by atoms with E-state index in [0.29, 0.717) is 6.54 Å². The van der Waals surface area contributed by atoms with Crippen LogP contribution in [0.3, 0.4) is 0 Å². The molecule has 2 heterocycles. The van der Waals surface area contributed by atoms with Crippen LogP contribution in [0.4, 0.5) is 0 Å². The second-order valence-corrected chi connectivity index (χ2v) is 5.02. The number of hydrogen-bond donors (Lipinski definition) is 1. The molecule has 0 spiro atoms. The third-order valence-electron chi connectivity index (χ3n) is 3.48. The number of pyridine rings is 1. The lowest BCUT2D eigenvalue weighted by Crippen LogP contribution is -2.15. The predicted molar refractivity (Wildman–Crippen MR) is 78.8 cm³/mol. The standard InChI is InChI=1S/C15H22N4O/c1-10-6-14(20-5)7-13(17-10)8-16-9-15-11(2)18-19(4)12(15)3/h6-7,16H,8-9H2,1-5H3. The van der Waals surface area contributed by atoms with Crippen LogP contribution in [0.5, 0.6) is 5.75 Å². The van der Waals surface area contributed by atoms with Gasteiger partial charge < -0.3 is 10.1 Å². The zero-order chi connectivity index (χ0) is 14.7. The van der Waals surface area contributed by atoms with Gasteiger partial charge in [-0.15, -0.1) is 0 Å². The van der Waals surface area contributed by atoms with Crippen molar-refractivity contribution in [2.75, 3.05) is 7.11 Å². The molecule has 108 valence electrons. The van der Waals surface area contributed by atoms with E-state index in [9.17, 15) is 0 Å². The number of ether oxygens (including phenoxy) is 1. The summed E-state index contributed by atoms with van der Waals surface area (Å²) in [5, 5.41) is 7.84. The Bertz CT molecular complexity index is 604. The van der Waals surface area contributed by atoms with E-state index in [1.165, 1.54) is 11.3 Å². The Kier molecular flexibility index (Phi) is 4.39. The maximum atomic E-state index is 5.26. The molecule has 0 radical (unpaired) electrons. The highest BCUT2D eigenvalue weighted by Gasteiger charge is 2.08. The van der Waals surface area contributed by atoms with Crippen LogP contribution < -0.4 is 10.1 Å². The molecular formula is C15H22N4O. The van der Waals surface area contributed by atoms with Gasteiger partial charge >= 0.3 is 0 Å². The summed E-state index contributed by atoms with van der Waals surface area (Å²) in [5.74, 6) is 0.850. The van der Waals surface area contributed by atoms with E-state index >= 15 is 0 Å². The van der Waals surface area contributed by atoms with E-state index in [1.807, 2.05) is 37.7 Å². The molecule has 2 aromatic heterocycles. The van der Waals surface area contributed by atoms with Crippen molar-refractivity contribution in [2.45, 2.75) is 33.9 Å². The fourth-order valence-corrected chi connectivity index (χ4v) is 2.30. The summed E-state index contributed by atoms with van der Waals surface area (Å²) in [5.41, 5.74) is 5.49. The van der Waals surface area contributed by atoms with Gasteiger partial charge in [0.15, 0.2) is 0 Å². The highest BCUT2D eigenvalue weighted by Crippen LogP contribution is 2.14. The van der Waals surface area contributed by atoms with Crippen LogP contribution in [0.1, 0.15) is 28.3 Å². The van der Waals surface area contributed by atoms with Crippen LogP contribution in [-0.4, -0.2) is 21.9 Å². The lowest BCUT2D eigenvalue weighted by molar-refractivity contribution is 0.412. The Morgan fingerprint density at radius 2 is 1.95 bits per heavy atom. The van der Waals surface area contributed by atoms with Gasteiger partial charge in [-0.2, -0.15) is 5.10 Å². The molecule has 0 aliphatic rings. The number of hydrogen-bond acceptors (Lipinski definition) is 4. The zero-order valence-corrected chi connectivity index (χ0v) is 12.8. The maximum absolute atomic E-state index is 5.26. The summed E-state index contributed by atoms with van der Waals surface area (Å²) < 4.78 is 7.18. The molecule has 5 nitrogen and oxygen atoms in total. The van der Waals surface area contributed by atoms with Gasteiger partial charge in [-0.3, -0.25) is 9.67 Å². The molecule has 0 amide bonds. The number of rotatable bonds is 5.